The van der Waals surface area contributed by atoms with Crippen LogP contribution in [0.15, 0.2) is 23.7 Å². The summed E-state index contributed by atoms with van der Waals surface area (Å²) in [6.07, 6.45) is 0.789. The van der Waals surface area contributed by atoms with Gasteiger partial charge in [-0.3, -0.25) is 9.58 Å². The van der Waals surface area contributed by atoms with Crippen molar-refractivity contribution in [2.75, 3.05) is 4.90 Å². The molecule has 2 rings (SSSR count). The van der Waals surface area contributed by atoms with Crippen LogP contribution in [0.1, 0.15) is 20.8 Å². The van der Waals surface area contributed by atoms with Crippen LogP contribution in [0.3, 0.4) is 0 Å². The van der Waals surface area contributed by atoms with Gasteiger partial charge in [-0.15, -0.1) is 11.3 Å². The summed E-state index contributed by atoms with van der Waals surface area (Å²) >= 11 is 1.42. The number of carbonyl (C=O) groups is 1. The molecule has 0 aliphatic heterocycles. The minimum Gasteiger partial charge on any atom is -0.465 e. The number of hydrogen-bond donors (Lipinski definition) is 1. The minimum absolute atomic E-state index is 0.472. The van der Waals surface area contributed by atoms with E-state index in [1.54, 1.807) is 10.9 Å². The molecule has 2 aromatic heterocycles. The number of rotatable bonds is 2. The molecule has 0 atom stereocenters. The van der Waals surface area contributed by atoms with Gasteiger partial charge in [0.2, 0.25) is 0 Å². The smallest absolute Gasteiger partial charge is 0.412 e. The van der Waals surface area contributed by atoms with Crippen molar-refractivity contribution in [3.63, 3.8) is 0 Å². The maximum absolute atomic E-state index is 11.4. The van der Waals surface area contributed by atoms with Crippen molar-refractivity contribution in [2.24, 2.45) is 7.05 Å². The minimum atomic E-state index is -0.939. The third kappa shape index (κ3) is 2.63. The Hall–Kier alpha value is -1.82. The first kappa shape index (κ1) is 13.6. The summed E-state index contributed by atoms with van der Waals surface area (Å²) in [5, 5.41) is 16.2. The van der Waals surface area contributed by atoms with Crippen LogP contribution in [-0.4, -0.2) is 26.5 Å². The lowest BCUT2D eigenvalue weighted by molar-refractivity contribution is 0.196. The Labute approximate surface area is 116 Å². The molecular formula is C13H17N3O2S. The monoisotopic (exact) mass is 279 g/mol. The van der Waals surface area contributed by atoms with E-state index in [0.29, 0.717) is 0 Å². The van der Waals surface area contributed by atoms with Crippen LogP contribution in [0.5, 0.6) is 0 Å². The molecule has 0 aliphatic rings. The van der Waals surface area contributed by atoms with Crippen molar-refractivity contribution >= 4 is 22.4 Å². The molecular weight excluding hydrogens is 262 g/mol. The van der Waals surface area contributed by atoms with E-state index in [2.05, 4.69) is 5.10 Å². The van der Waals surface area contributed by atoms with Crippen LogP contribution in [0, 0.1) is 0 Å². The van der Waals surface area contributed by atoms with E-state index in [0.717, 1.165) is 16.3 Å². The summed E-state index contributed by atoms with van der Waals surface area (Å²) in [7, 11) is 1.87. The van der Waals surface area contributed by atoms with Gasteiger partial charge in [-0.1, -0.05) is 0 Å². The second-order valence-corrected chi connectivity index (χ2v) is 6.19. The lowest BCUT2D eigenvalue weighted by atomic mass is 10.1. The van der Waals surface area contributed by atoms with Crippen molar-refractivity contribution in [2.45, 2.75) is 26.3 Å². The van der Waals surface area contributed by atoms with Gasteiger partial charge in [0.05, 0.1) is 5.69 Å². The normalized spacial score (nSPS) is 11.6. The number of anilines is 1. The SMILES string of the molecule is Cn1nccc1-c1csc(N(C(=O)O)C(C)(C)C)c1. The second kappa shape index (κ2) is 4.70. The third-order valence-electron chi connectivity index (χ3n) is 2.78. The molecule has 2 heterocycles. The summed E-state index contributed by atoms with van der Waals surface area (Å²) in [5.74, 6) is 0. The molecule has 0 saturated heterocycles. The van der Waals surface area contributed by atoms with Crippen LogP contribution in [-0.2, 0) is 7.05 Å². The number of thiophene rings is 1. The van der Waals surface area contributed by atoms with Crippen molar-refractivity contribution < 1.29 is 9.90 Å². The van der Waals surface area contributed by atoms with Gasteiger partial charge in [-0.2, -0.15) is 5.10 Å². The average Bonchev–Trinajstić information content (AvgIpc) is 2.84. The topological polar surface area (TPSA) is 58.4 Å². The molecule has 0 spiro atoms. The van der Waals surface area contributed by atoms with Crippen molar-refractivity contribution in [3.05, 3.63) is 23.7 Å². The third-order valence-corrected chi connectivity index (χ3v) is 3.70. The van der Waals surface area contributed by atoms with Gasteiger partial charge in [0.25, 0.3) is 0 Å². The average molecular weight is 279 g/mol. The fraction of sp³-hybridized carbons (Fsp3) is 0.385. The molecule has 0 aromatic carbocycles. The highest BCUT2D eigenvalue weighted by atomic mass is 32.1. The number of aromatic nitrogens is 2. The van der Waals surface area contributed by atoms with Gasteiger partial charge in [-0.05, 0) is 32.9 Å². The molecule has 0 bridgehead atoms. The van der Waals surface area contributed by atoms with E-state index in [4.69, 9.17) is 0 Å². The summed E-state index contributed by atoms with van der Waals surface area (Å²) in [6, 6.07) is 3.80. The highest BCUT2D eigenvalue weighted by Crippen LogP contribution is 2.34. The van der Waals surface area contributed by atoms with E-state index in [9.17, 15) is 9.90 Å². The standard InChI is InChI=1S/C13H17N3O2S/c1-13(2,3)16(12(17)18)11-7-9(8-19-11)10-5-6-14-15(10)4/h5-8H,1-4H3,(H,17,18). The van der Waals surface area contributed by atoms with Crippen LogP contribution in [0.4, 0.5) is 9.80 Å². The van der Waals surface area contributed by atoms with Crippen LogP contribution in [0.25, 0.3) is 11.3 Å². The molecule has 0 aliphatic carbocycles. The number of aryl methyl sites for hydroxylation is 1. The number of hydrogen-bond acceptors (Lipinski definition) is 3. The number of carboxylic acid groups (broad SMARTS) is 1. The highest BCUT2D eigenvalue weighted by molar-refractivity contribution is 7.14. The molecule has 102 valence electrons. The van der Waals surface area contributed by atoms with Gasteiger partial charge in [0.15, 0.2) is 0 Å². The fourth-order valence-corrected chi connectivity index (χ4v) is 3.03. The lowest BCUT2D eigenvalue weighted by Crippen LogP contribution is -2.44. The van der Waals surface area contributed by atoms with Gasteiger partial charge in [0, 0.05) is 29.7 Å². The highest BCUT2D eigenvalue weighted by Gasteiger charge is 2.29. The van der Waals surface area contributed by atoms with E-state index < -0.39 is 11.6 Å². The van der Waals surface area contributed by atoms with Crippen molar-refractivity contribution in [1.82, 2.24) is 9.78 Å². The first-order chi connectivity index (χ1) is 8.80. The van der Waals surface area contributed by atoms with Crippen LogP contribution < -0.4 is 4.90 Å². The Morgan fingerprint density at radius 3 is 2.63 bits per heavy atom. The summed E-state index contributed by atoms with van der Waals surface area (Å²) < 4.78 is 1.77. The molecule has 5 nitrogen and oxygen atoms in total. The lowest BCUT2D eigenvalue weighted by Gasteiger charge is -2.31. The van der Waals surface area contributed by atoms with Crippen LogP contribution >= 0.6 is 11.3 Å². The Kier molecular flexibility index (Phi) is 3.36. The maximum atomic E-state index is 11.4. The first-order valence-electron chi connectivity index (χ1n) is 5.91. The predicted molar refractivity (Wildman–Crippen MR) is 76.8 cm³/mol. The Balaban J connectivity index is 2.40. The molecule has 6 heteroatoms. The zero-order valence-corrected chi connectivity index (χ0v) is 12.2. The van der Waals surface area contributed by atoms with Gasteiger partial charge in [0.1, 0.15) is 5.00 Å². The molecule has 0 saturated carbocycles. The molecule has 0 radical (unpaired) electrons. The Morgan fingerprint density at radius 2 is 2.16 bits per heavy atom. The Bertz CT molecular complexity index is 595. The van der Waals surface area contributed by atoms with E-state index in [1.807, 2.05) is 45.3 Å². The summed E-state index contributed by atoms with van der Waals surface area (Å²) in [6.45, 7) is 5.64. The van der Waals surface area contributed by atoms with Crippen molar-refractivity contribution in [3.8, 4) is 11.3 Å². The zero-order chi connectivity index (χ0) is 14.2. The van der Waals surface area contributed by atoms with Gasteiger partial charge >= 0.3 is 6.09 Å². The van der Waals surface area contributed by atoms with Crippen LogP contribution in [0.2, 0.25) is 0 Å². The van der Waals surface area contributed by atoms with Crippen molar-refractivity contribution in [1.29, 1.82) is 0 Å². The Morgan fingerprint density at radius 1 is 1.47 bits per heavy atom. The molecule has 0 fully saturated rings. The quantitative estimate of drug-likeness (QED) is 0.916. The second-order valence-electron chi connectivity index (χ2n) is 5.30. The molecule has 19 heavy (non-hydrogen) atoms. The molecule has 2 aromatic rings. The van der Waals surface area contributed by atoms with Gasteiger partial charge < -0.3 is 5.11 Å². The van der Waals surface area contributed by atoms with E-state index >= 15 is 0 Å². The summed E-state index contributed by atoms with van der Waals surface area (Å²) in [5.41, 5.74) is 1.48. The molecule has 1 amide bonds. The maximum Gasteiger partial charge on any atom is 0.412 e. The van der Waals surface area contributed by atoms with E-state index in [-0.39, 0.29) is 0 Å². The number of nitrogens with zero attached hydrogens (tertiary/aromatic N) is 3. The zero-order valence-electron chi connectivity index (χ0n) is 11.4. The number of amides is 1. The van der Waals surface area contributed by atoms with E-state index in [1.165, 1.54) is 16.2 Å². The molecule has 0 unspecified atom stereocenters. The first-order valence-corrected chi connectivity index (χ1v) is 6.79. The van der Waals surface area contributed by atoms with Gasteiger partial charge in [-0.25, -0.2) is 4.79 Å². The predicted octanol–water partition coefficient (Wildman–Crippen LogP) is 3.43. The summed E-state index contributed by atoms with van der Waals surface area (Å²) in [4.78, 5) is 12.8. The fourth-order valence-electron chi connectivity index (χ4n) is 1.95. The molecule has 1 N–H and O–H groups in total. The largest absolute Gasteiger partial charge is 0.465 e.